The van der Waals surface area contributed by atoms with Crippen molar-refractivity contribution >= 4 is 39.1 Å². The normalized spacial score (nSPS) is 13.5. The van der Waals surface area contributed by atoms with Crippen molar-refractivity contribution < 1.29 is 24.5 Å². The van der Waals surface area contributed by atoms with Gasteiger partial charge in [0.15, 0.2) is 11.5 Å². The molecule has 1 aliphatic heterocycles. The van der Waals surface area contributed by atoms with Gasteiger partial charge >= 0.3 is 5.97 Å². The minimum Gasteiger partial charge on any atom is -0.506 e. The van der Waals surface area contributed by atoms with Crippen LogP contribution in [0.4, 0.5) is 0 Å². The van der Waals surface area contributed by atoms with E-state index in [0.29, 0.717) is 21.2 Å². The Morgan fingerprint density at radius 3 is 2.46 bits per heavy atom. The third-order valence-corrected chi connectivity index (χ3v) is 5.69. The van der Waals surface area contributed by atoms with Crippen LogP contribution in [0.3, 0.4) is 0 Å². The number of hydrogen-bond acceptors (Lipinski definition) is 5. The summed E-state index contributed by atoms with van der Waals surface area (Å²) in [5.41, 5.74) is 2.19. The molecule has 0 aliphatic carbocycles. The average molecular weight is 440 g/mol. The molecule has 3 rings (SSSR count). The van der Waals surface area contributed by atoms with Gasteiger partial charge in [-0.25, -0.2) is 4.79 Å². The maximum Gasteiger partial charge on any atom is 0.347 e. The van der Waals surface area contributed by atoms with Gasteiger partial charge in [0.05, 0.1) is 9.50 Å². The predicted molar refractivity (Wildman–Crippen MR) is 103 cm³/mol. The van der Waals surface area contributed by atoms with Crippen molar-refractivity contribution in [3.05, 3.63) is 43.9 Å². The SMILES string of the molecule is CC=C(C)c1c(Br)c(O)c(C)c2c1Oc1cc(O)c(Cl)c(C)c1C(=O)O2. The van der Waals surface area contributed by atoms with Gasteiger partial charge in [-0.2, -0.15) is 0 Å². The van der Waals surface area contributed by atoms with Crippen molar-refractivity contribution in [1.82, 2.24) is 0 Å². The molecule has 0 radical (unpaired) electrons. The van der Waals surface area contributed by atoms with Gasteiger partial charge < -0.3 is 19.7 Å². The van der Waals surface area contributed by atoms with Crippen LogP contribution in [-0.2, 0) is 0 Å². The molecule has 0 amide bonds. The number of rotatable bonds is 1. The smallest absolute Gasteiger partial charge is 0.347 e. The van der Waals surface area contributed by atoms with Crippen molar-refractivity contribution in [2.24, 2.45) is 0 Å². The first-order valence-electron chi connectivity index (χ1n) is 7.79. The number of phenols is 2. The maximum absolute atomic E-state index is 12.7. The van der Waals surface area contributed by atoms with E-state index < -0.39 is 5.97 Å². The van der Waals surface area contributed by atoms with Crippen LogP contribution in [0.15, 0.2) is 16.6 Å². The number of fused-ring (bicyclic) bond motifs is 2. The zero-order valence-electron chi connectivity index (χ0n) is 14.5. The summed E-state index contributed by atoms with van der Waals surface area (Å²) in [5.74, 6) is -0.380. The number of ether oxygens (including phenoxy) is 2. The number of carbonyl (C=O) groups excluding carboxylic acids is 1. The Morgan fingerprint density at radius 1 is 1.19 bits per heavy atom. The Hall–Kier alpha value is -2.18. The van der Waals surface area contributed by atoms with E-state index in [2.05, 4.69) is 15.9 Å². The lowest BCUT2D eigenvalue weighted by atomic mass is 10.0. The van der Waals surface area contributed by atoms with E-state index in [1.807, 2.05) is 19.9 Å². The minimum atomic E-state index is -0.674. The highest BCUT2D eigenvalue weighted by Gasteiger charge is 2.33. The topological polar surface area (TPSA) is 76.0 Å². The fourth-order valence-electron chi connectivity index (χ4n) is 2.83. The van der Waals surface area contributed by atoms with Crippen LogP contribution in [0.1, 0.15) is 40.9 Å². The van der Waals surface area contributed by atoms with E-state index in [1.165, 1.54) is 6.07 Å². The largest absolute Gasteiger partial charge is 0.506 e. The monoisotopic (exact) mass is 438 g/mol. The molecule has 0 bridgehead atoms. The zero-order chi connectivity index (χ0) is 19.3. The summed E-state index contributed by atoms with van der Waals surface area (Å²) >= 11 is 9.45. The minimum absolute atomic E-state index is 0.0418. The summed E-state index contributed by atoms with van der Waals surface area (Å²) in [6, 6.07) is 1.28. The van der Waals surface area contributed by atoms with E-state index >= 15 is 0 Å². The molecule has 26 heavy (non-hydrogen) atoms. The molecule has 5 nitrogen and oxygen atoms in total. The van der Waals surface area contributed by atoms with Gasteiger partial charge in [-0.05, 0) is 54.8 Å². The van der Waals surface area contributed by atoms with Crippen molar-refractivity contribution in [3.63, 3.8) is 0 Å². The standard InChI is InChI=1S/C19H16BrClO5/c1-5-7(2)12-14(20)16(23)9(4)17-18(12)25-11-6-10(22)15(21)8(3)13(11)19(24)26-17/h5-6,22-23H,1-4H3. The molecule has 0 saturated heterocycles. The van der Waals surface area contributed by atoms with Crippen LogP contribution in [0.25, 0.3) is 5.57 Å². The Balaban J connectivity index is 2.40. The molecule has 0 unspecified atom stereocenters. The van der Waals surface area contributed by atoms with E-state index in [0.717, 1.165) is 5.57 Å². The van der Waals surface area contributed by atoms with Gasteiger partial charge in [0.1, 0.15) is 22.8 Å². The highest BCUT2D eigenvalue weighted by molar-refractivity contribution is 9.10. The number of aromatic hydroxyl groups is 2. The van der Waals surface area contributed by atoms with Crippen molar-refractivity contribution in [3.8, 4) is 28.7 Å². The lowest BCUT2D eigenvalue weighted by Gasteiger charge is -2.18. The number of allylic oxidation sites excluding steroid dienone is 2. The van der Waals surface area contributed by atoms with Gasteiger partial charge in [0.25, 0.3) is 0 Å². The molecule has 0 atom stereocenters. The maximum atomic E-state index is 12.7. The van der Waals surface area contributed by atoms with Gasteiger partial charge in [0, 0.05) is 17.2 Å². The van der Waals surface area contributed by atoms with Gasteiger partial charge in [-0.3, -0.25) is 0 Å². The molecule has 2 aromatic rings. The number of benzene rings is 2. The highest BCUT2D eigenvalue weighted by Crippen LogP contribution is 2.52. The fraction of sp³-hybridized carbons (Fsp3) is 0.211. The number of carbonyl (C=O) groups is 1. The van der Waals surface area contributed by atoms with Crippen molar-refractivity contribution in [2.45, 2.75) is 27.7 Å². The van der Waals surface area contributed by atoms with Gasteiger partial charge in [-0.15, -0.1) is 0 Å². The van der Waals surface area contributed by atoms with E-state index in [4.69, 9.17) is 21.1 Å². The molecule has 1 heterocycles. The van der Waals surface area contributed by atoms with E-state index in [-0.39, 0.29) is 39.3 Å². The molecule has 0 spiro atoms. The van der Waals surface area contributed by atoms with Crippen LogP contribution in [0, 0.1) is 13.8 Å². The van der Waals surface area contributed by atoms with E-state index in [9.17, 15) is 15.0 Å². The summed E-state index contributed by atoms with van der Waals surface area (Å²) < 4.78 is 12.0. The van der Waals surface area contributed by atoms with Crippen LogP contribution in [0.2, 0.25) is 5.02 Å². The van der Waals surface area contributed by atoms with E-state index in [1.54, 1.807) is 13.8 Å². The first-order chi connectivity index (χ1) is 12.2. The molecule has 2 aromatic carbocycles. The zero-order valence-corrected chi connectivity index (χ0v) is 16.9. The molecular formula is C19H16BrClO5. The molecule has 7 heteroatoms. The number of hydrogen-bond donors (Lipinski definition) is 2. The average Bonchev–Trinajstić information content (AvgIpc) is 2.74. The molecular weight excluding hydrogens is 424 g/mol. The van der Waals surface area contributed by atoms with Gasteiger partial charge in [-0.1, -0.05) is 17.7 Å². The molecule has 0 fully saturated rings. The van der Waals surface area contributed by atoms with Crippen molar-refractivity contribution in [1.29, 1.82) is 0 Å². The summed E-state index contributed by atoms with van der Waals surface area (Å²) in [7, 11) is 0. The summed E-state index contributed by atoms with van der Waals surface area (Å²) in [5, 5.41) is 20.5. The van der Waals surface area contributed by atoms with Crippen molar-refractivity contribution in [2.75, 3.05) is 0 Å². The van der Waals surface area contributed by atoms with Crippen LogP contribution < -0.4 is 9.47 Å². The predicted octanol–water partition coefficient (Wildman–Crippen LogP) is 5.88. The first-order valence-corrected chi connectivity index (χ1v) is 8.96. The number of halogens is 2. The van der Waals surface area contributed by atoms with Crippen LogP contribution in [0.5, 0.6) is 28.7 Å². The Labute approximate surface area is 163 Å². The fourth-order valence-corrected chi connectivity index (χ4v) is 3.76. The molecule has 0 aromatic heterocycles. The lowest BCUT2D eigenvalue weighted by Crippen LogP contribution is -2.10. The van der Waals surface area contributed by atoms with Crippen LogP contribution >= 0.6 is 27.5 Å². The summed E-state index contributed by atoms with van der Waals surface area (Å²) in [6.07, 6.45) is 1.84. The lowest BCUT2D eigenvalue weighted by molar-refractivity contribution is 0.0735. The highest BCUT2D eigenvalue weighted by atomic mass is 79.9. The number of esters is 1. The Bertz CT molecular complexity index is 995. The quantitative estimate of drug-likeness (QED) is 0.429. The van der Waals surface area contributed by atoms with Crippen LogP contribution in [-0.4, -0.2) is 16.2 Å². The Morgan fingerprint density at radius 2 is 1.85 bits per heavy atom. The second-order valence-electron chi connectivity index (χ2n) is 5.99. The first kappa shape index (κ1) is 18.6. The third kappa shape index (κ3) is 2.64. The molecule has 1 aliphatic rings. The number of phenolic OH excluding ortho intramolecular Hbond substituents is 2. The molecule has 136 valence electrons. The molecule has 2 N–H and O–H groups in total. The molecule has 0 saturated carbocycles. The Kier molecular flexibility index (Phi) is 4.67. The summed E-state index contributed by atoms with van der Waals surface area (Å²) in [6.45, 7) is 6.91. The third-order valence-electron chi connectivity index (χ3n) is 4.44. The second-order valence-corrected chi connectivity index (χ2v) is 7.16. The van der Waals surface area contributed by atoms with Gasteiger partial charge in [0.2, 0.25) is 0 Å². The summed E-state index contributed by atoms with van der Waals surface area (Å²) in [4.78, 5) is 12.7. The second kappa shape index (κ2) is 6.52.